The molecule has 0 aromatic heterocycles. The lowest BCUT2D eigenvalue weighted by atomic mass is 10.1. The van der Waals surface area contributed by atoms with Gasteiger partial charge in [0.05, 0.1) is 17.5 Å². The topological polar surface area (TPSA) is 127 Å². The van der Waals surface area contributed by atoms with E-state index in [1.807, 2.05) is 0 Å². The molecule has 1 heterocycles. The Labute approximate surface area is 233 Å². The second-order valence-electron chi connectivity index (χ2n) is 8.16. The summed E-state index contributed by atoms with van der Waals surface area (Å²) in [5.41, 5.74) is 1.98. The Morgan fingerprint density at radius 1 is 0.975 bits per heavy atom. The molecule has 14 heteroatoms. The quantitative estimate of drug-likeness (QED) is 0.199. The first-order chi connectivity index (χ1) is 19.1. The average Bonchev–Trinajstić information content (AvgIpc) is 3.39. The van der Waals surface area contributed by atoms with Crippen molar-refractivity contribution >= 4 is 45.6 Å². The molecule has 4 rings (SSSR count). The number of anilines is 1. The van der Waals surface area contributed by atoms with E-state index < -0.39 is 36.1 Å². The third-order valence-corrected chi connectivity index (χ3v) is 5.78. The van der Waals surface area contributed by atoms with Gasteiger partial charge in [-0.15, -0.1) is 0 Å². The number of benzene rings is 3. The molecule has 0 aliphatic carbocycles. The Kier molecular flexibility index (Phi) is 8.89. The molecule has 10 nitrogen and oxygen atoms in total. The molecule has 0 unspecified atom stereocenters. The summed E-state index contributed by atoms with van der Waals surface area (Å²) in [7, 11) is 0. The molecule has 3 aromatic rings. The zero-order chi connectivity index (χ0) is 28.7. The average molecular weight is 621 g/mol. The van der Waals surface area contributed by atoms with Crippen LogP contribution in [0.4, 0.5) is 18.9 Å². The maximum atomic E-state index is 13.2. The zero-order valence-electron chi connectivity index (χ0n) is 20.4. The van der Waals surface area contributed by atoms with E-state index in [4.69, 9.17) is 14.2 Å². The van der Waals surface area contributed by atoms with Crippen molar-refractivity contribution in [3.05, 3.63) is 81.8 Å². The Morgan fingerprint density at radius 3 is 2.48 bits per heavy atom. The Bertz CT molecular complexity index is 1450. The molecule has 3 N–H and O–H groups in total. The molecule has 3 aromatic carbocycles. The number of alkyl halides is 3. The molecular weight excluding hydrogens is 601 g/mol. The molecule has 0 bridgehead atoms. The van der Waals surface area contributed by atoms with E-state index in [1.165, 1.54) is 24.4 Å². The van der Waals surface area contributed by atoms with Crippen LogP contribution < -0.4 is 30.3 Å². The lowest BCUT2D eigenvalue weighted by molar-refractivity contribution is -0.139. The van der Waals surface area contributed by atoms with Crippen LogP contribution >= 0.6 is 15.9 Å². The van der Waals surface area contributed by atoms with Crippen LogP contribution in [-0.4, -0.2) is 37.3 Å². The van der Waals surface area contributed by atoms with Gasteiger partial charge in [-0.1, -0.05) is 22.0 Å². The van der Waals surface area contributed by atoms with Crippen molar-refractivity contribution < 1.29 is 41.8 Å². The van der Waals surface area contributed by atoms with Crippen LogP contribution in [0, 0.1) is 0 Å². The number of fused-ring (bicyclic) bond motifs is 1. The van der Waals surface area contributed by atoms with E-state index in [1.54, 1.807) is 30.3 Å². The molecule has 0 spiro atoms. The van der Waals surface area contributed by atoms with E-state index in [0.717, 1.165) is 12.1 Å². The molecule has 40 heavy (non-hydrogen) atoms. The van der Waals surface area contributed by atoms with Gasteiger partial charge in [0.2, 0.25) is 6.79 Å². The van der Waals surface area contributed by atoms with Crippen molar-refractivity contribution in [3.63, 3.8) is 0 Å². The highest BCUT2D eigenvalue weighted by Gasteiger charge is 2.34. The number of hydrogen-bond donors (Lipinski definition) is 3. The van der Waals surface area contributed by atoms with E-state index in [9.17, 15) is 27.6 Å². The first-order valence-electron chi connectivity index (χ1n) is 11.5. The van der Waals surface area contributed by atoms with Crippen LogP contribution in [0.3, 0.4) is 0 Å². The van der Waals surface area contributed by atoms with Crippen molar-refractivity contribution in [2.24, 2.45) is 5.10 Å². The van der Waals surface area contributed by atoms with Crippen LogP contribution in [-0.2, 0) is 27.1 Å². The van der Waals surface area contributed by atoms with Crippen molar-refractivity contribution in [1.82, 2.24) is 10.7 Å². The third-order valence-electron chi connectivity index (χ3n) is 5.29. The van der Waals surface area contributed by atoms with E-state index in [2.05, 4.69) is 37.1 Å². The van der Waals surface area contributed by atoms with Crippen LogP contribution in [0.25, 0.3) is 0 Å². The number of nitrogens with zero attached hydrogens (tertiary/aromatic N) is 1. The summed E-state index contributed by atoms with van der Waals surface area (Å²) in [6.45, 7) is -0.308. The predicted molar refractivity (Wildman–Crippen MR) is 140 cm³/mol. The van der Waals surface area contributed by atoms with Crippen molar-refractivity contribution in [2.75, 3.05) is 18.7 Å². The molecule has 3 amide bonds. The number of carbonyl (C=O) groups is 3. The van der Waals surface area contributed by atoms with Gasteiger partial charge in [-0.25, -0.2) is 5.43 Å². The van der Waals surface area contributed by atoms with Gasteiger partial charge in [0.1, 0.15) is 5.75 Å². The number of nitrogens with one attached hydrogen (secondary N) is 3. The highest BCUT2D eigenvalue weighted by atomic mass is 79.9. The second-order valence-corrected chi connectivity index (χ2v) is 9.08. The highest BCUT2D eigenvalue weighted by Crippen LogP contribution is 2.36. The van der Waals surface area contributed by atoms with Gasteiger partial charge in [0.25, 0.3) is 5.91 Å². The summed E-state index contributed by atoms with van der Waals surface area (Å²) in [5, 5.41) is 8.39. The zero-order valence-corrected chi connectivity index (χ0v) is 22.0. The number of carbonyl (C=O) groups excluding carboxylic acids is 3. The van der Waals surface area contributed by atoms with Crippen molar-refractivity contribution in [3.8, 4) is 17.2 Å². The summed E-state index contributed by atoms with van der Waals surface area (Å²) in [6.07, 6.45) is -3.37. The summed E-state index contributed by atoms with van der Waals surface area (Å²) < 4.78 is 55.7. The Hall–Kier alpha value is -4.59. The van der Waals surface area contributed by atoms with Gasteiger partial charge in [0, 0.05) is 11.0 Å². The molecule has 1 aliphatic rings. The lowest BCUT2D eigenvalue weighted by Gasteiger charge is -2.14. The normalized spacial score (nSPS) is 12.2. The number of halogens is 4. The largest absolute Gasteiger partial charge is 0.484 e. The second kappa shape index (κ2) is 12.5. The molecule has 1 aliphatic heterocycles. The minimum Gasteiger partial charge on any atom is -0.484 e. The van der Waals surface area contributed by atoms with Gasteiger partial charge in [-0.2, -0.15) is 18.3 Å². The fourth-order valence-electron chi connectivity index (χ4n) is 3.38. The van der Waals surface area contributed by atoms with E-state index in [0.29, 0.717) is 22.6 Å². The van der Waals surface area contributed by atoms with Gasteiger partial charge >= 0.3 is 18.0 Å². The first kappa shape index (κ1) is 28.4. The molecule has 0 saturated carbocycles. The minimum atomic E-state index is -4.65. The molecule has 0 fully saturated rings. The maximum Gasteiger partial charge on any atom is 0.418 e. The smallest absolute Gasteiger partial charge is 0.418 e. The number of amides is 3. The minimum absolute atomic E-state index is 0.0959. The van der Waals surface area contributed by atoms with E-state index >= 15 is 0 Å². The first-order valence-corrected chi connectivity index (χ1v) is 12.3. The van der Waals surface area contributed by atoms with Gasteiger partial charge in [0.15, 0.2) is 18.1 Å². The van der Waals surface area contributed by atoms with Crippen LogP contribution in [0.2, 0.25) is 0 Å². The highest BCUT2D eigenvalue weighted by molar-refractivity contribution is 9.10. The molecule has 0 saturated heterocycles. The fourth-order valence-corrected chi connectivity index (χ4v) is 3.74. The number of hydrazone groups is 1. The van der Waals surface area contributed by atoms with Crippen LogP contribution in [0.5, 0.6) is 17.2 Å². The maximum absolute atomic E-state index is 13.2. The molecule has 0 radical (unpaired) electrons. The van der Waals surface area contributed by atoms with Crippen LogP contribution in [0.1, 0.15) is 16.7 Å². The number of hydrogen-bond acceptors (Lipinski definition) is 7. The Balaban J connectivity index is 1.21. The number of rotatable bonds is 8. The van der Waals surface area contributed by atoms with Crippen molar-refractivity contribution in [2.45, 2.75) is 12.7 Å². The predicted octanol–water partition coefficient (Wildman–Crippen LogP) is 3.98. The summed E-state index contributed by atoms with van der Waals surface area (Å²) in [4.78, 5) is 36.1. The summed E-state index contributed by atoms with van der Waals surface area (Å²) >= 11 is 2.98. The third kappa shape index (κ3) is 7.72. The Morgan fingerprint density at radius 2 is 1.73 bits per heavy atom. The SMILES string of the molecule is O=C(COc1ccc(/C=N\NC(=O)C(=O)NCc2ccc3c(c2)OCO3)cc1)Nc1ccc(Br)cc1C(F)(F)F. The standard InChI is InChI=1S/C26H20BrF3N4O6/c27-17-4-7-20(19(10-17)26(28,29)30)33-23(35)13-38-18-5-1-15(2-6-18)12-32-34-25(37)24(36)31-11-16-3-8-21-22(9-16)40-14-39-21/h1-10,12H,11,13-14H2,(H,31,36)(H,33,35)(H,34,37)/b32-12-. The number of ether oxygens (including phenoxy) is 3. The summed E-state index contributed by atoms with van der Waals surface area (Å²) in [6, 6.07) is 14.6. The molecular formula is C26H20BrF3N4O6. The van der Waals surface area contributed by atoms with Crippen molar-refractivity contribution in [1.29, 1.82) is 0 Å². The lowest BCUT2D eigenvalue weighted by Crippen LogP contribution is -2.37. The van der Waals surface area contributed by atoms with E-state index in [-0.39, 0.29) is 29.2 Å². The fraction of sp³-hybridized carbons (Fsp3) is 0.154. The molecule has 0 atom stereocenters. The van der Waals surface area contributed by atoms with Gasteiger partial charge in [-0.3, -0.25) is 14.4 Å². The molecule has 208 valence electrons. The van der Waals surface area contributed by atoms with Gasteiger partial charge < -0.3 is 24.8 Å². The van der Waals surface area contributed by atoms with Crippen LogP contribution in [0.15, 0.2) is 70.2 Å². The van der Waals surface area contributed by atoms with Gasteiger partial charge in [-0.05, 0) is 65.7 Å². The summed E-state index contributed by atoms with van der Waals surface area (Å²) in [5.74, 6) is -1.21. The monoisotopic (exact) mass is 620 g/mol.